The summed E-state index contributed by atoms with van der Waals surface area (Å²) in [6.07, 6.45) is 3.76. The molecular formula is C16H25BrN2O. The molecule has 3 nitrogen and oxygen atoms in total. The highest BCUT2D eigenvalue weighted by Crippen LogP contribution is 2.22. The van der Waals surface area contributed by atoms with Crippen molar-refractivity contribution in [3.63, 3.8) is 0 Å². The van der Waals surface area contributed by atoms with Crippen LogP contribution >= 0.6 is 15.9 Å². The second kappa shape index (κ2) is 8.13. The highest BCUT2D eigenvalue weighted by molar-refractivity contribution is 9.10. The third-order valence-corrected chi connectivity index (χ3v) is 4.36. The summed E-state index contributed by atoms with van der Waals surface area (Å²) >= 11 is 3.70. The van der Waals surface area contributed by atoms with Gasteiger partial charge in [0.1, 0.15) is 0 Å². The molecule has 0 unspecified atom stereocenters. The van der Waals surface area contributed by atoms with Crippen molar-refractivity contribution in [3.8, 4) is 0 Å². The lowest BCUT2D eigenvalue weighted by Crippen LogP contribution is -2.20. The monoisotopic (exact) mass is 340 g/mol. The Labute approximate surface area is 130 Å². The van der Waals surface area contributed by atoms with E-state index < -0.39 is 0 Å². The Morgan fingerprint density at radius 3 is 2.85 bits per heavy atom. The predicted octanol–water partition coefficient (Wildman–Crippen LogP) is 3.17. The van der Waals surface area contributed by atoms with Gasteiger partial charge in [0.25, 0.3) is 0 Å². The van der Waals surface area contributed by atoms with Gasteiger partial charge in [-0.3, -0.25) is 0 Å². The molecule has 1 aromatic carbocycles. The smallest absolute Gasteiger partial charge is 0.0474 e. The minimum absolute atomic E-state index is 0.764. The molecule has 0 spiro atoms. The summed E-state index contributed by atoms with van der Waals surface area (Å²) in [6.45, 7) is 3.84. The Balaban J connectivity index is 1.81. The summed E-state index contributed by atoms with van der Waals surface area (Å²) in [5, 5.41) is 3.55. The normalized spacial score (nSPS) is 15.0. The molecule has 1 aromatic rings. The molecule has 1 aliphatic rings. The van der Waals surface area contributed by atoms with Gasteiger partial charge in [-0.05, 0) is 43.5 Å². The van der Waals surface area contributed by atoms with E-state index in [0.717, 1.165) is 38.7 Å². The van der Waals surface area contributed by atoms with Crippen molar-refractivity contribution >= 4 is 15.9 Å². The maximum atomic E-state index is 5.09. The maximum absolute atomic E-state index is 5.09. The molecule has 1 N–H and O–H groups in total. The second-order valence-electron chi connectivity index (χ2n) is 5.67. The highest BCUT2D eigenvalue weighted by atomic mass is 79.9. The van der Waals surface area contributed by atoms with E-state index in [1.807, 2.05) is 0 Å². The highest BCUT2D eigenvalue weighted by Gasteiger charge is 2.19. The Morgan fingerprint density at radius 2 is 2.20 bits per heavy atom. The Morgan fingerprint density at radius 1 is 1.40 bits per heavy atom. The predicted molar refractivity (Wildman–Crippen MR) is 86.8 cm³/mol. The number of halogens is 1. The fourth-order valence-corrected chi connectivity index (χ4v) is 2.78. The summed E-state index contributed by atoms with van der Waals surface area (Å²) in [7, 11) is 3.91. The van der Waals surface area contributed by atoms with Gasteiger partial charge in [0.2, 0.25) is 0 Å². The summed E-state index contributed by atoms with van der Waals surface area (Å²) in [6, 6.07) is 7.48. The average molecular weight is 341 g/mol. The first-order valence-corrected chi connectivity index (χ1v) is 8.16. The first-order valence-electron chi connectivity index (χ1n) is 7.37. The number of nitrogens with zero attached hydrogens (tertiary/aromatic N) is 1. The van der Waals surface area contributed by atoms with Gasteiger partial charge in [-0.15, -0.1) is 0 Å². The number of rotatable bonds is 9. The molecule has 0 amide bonds. The van der Waals surface area contributed by atoms with Gasteiger partial charge >= 0.3 is 0 Å². The molecule has 0 atom stereocenters. The van der Waals surface area contributed by atoms with Crippen LogP contribution in [0.2, 0.25) is 0 Å². The van der Waals surface area contributed by atoms with Crippen LogP contribution in [-0.4, -0.2) is 38.3 Å². The fraction of sp³-hybridized carbons (Fsp3) is 0.625. The van der Waals surface area contributed by atoms with Crippen LogP contribution in [0.15, 0.2) is 22.7 Å². The first kappa shape index (κ1) is 16.0. The summed E-state index contributed by atoms with van der Waals surface area (Å²) in [5.74, 6) is 0. The van der Waals surface area contributed by atoms with Crippen LogP contribution < -0.4 is 5.32 Å². The van der Waals surface area contributed by atoms with E-state index in [0.29, 0.717) is 0 Å². The molecule has 0 aromatic heterocycles. The van der Waals surface area contributed by atoms with Crippen molar-refractivity contribution in [2.75, 3.05) is 27.3 Å². The number of ether oxygens (including phenoxy) is 1. The zero-order valence-corrected chi connectivity index (χ0v) is 14.1. The molecule has 1 saturated carbocycles. The van der Waals surface area contributed by atoms with Crippen LogP contribution in [0.4, 0.5) is 0 Å². The van der Waals surface area contributed by atoms with Crippen LogP contribution in [0.1, 0.15) is 30.4 Å². The van der Waals surface area contributed by atoms with E-state index in [9.17, 15) is 0 Å². The summed E-state index contributed by atoms with van der Waals surface area (Å²) < 4.78 is 6.30. The zero-order chi connectivity index (χ0) is 14.4. The average Bonchev–Trinajstić information content (AvgIpc) is 3.24. The van der Waals surface area contributed by atoms with Crippen LogP contribution in [0.5, 0.6) is 0 Å². The fourth-order valence-electron chi connectivity index (χ4n) is 2.23. The molecule has 0 heterocycles. The minimum Gasteiger partial charge on any atom is -0.385 e. The number of hydrogen-bond acceptors (Lipinski definition) is 3. The molecular weight excluding hydrogens is 316 g/mol. The zero-order valence-electron chi connectivity index (χ0n) is 12.5. The van der Waals surface area contributed by atoms with Gasteiger partial charge in [0.15, 0.2) is 0 Å². The topological polar surface area (TPSA) is 24.5 Å². The van der Waals surface area contributed by atoms with Crippen molar-refractivity contribution in [1.82, 2.24) is 10.2 Å². The Kier molecular flexibility index (Phi) is 6.49. The standard InChI is InChI=1S/C16H25BrN2O/c1-19(8-3-9-20-2)12-14-5-4-13(10-16(14)17)11-18-15-6-7-15/h4-5,10,15,18H,3,6-9,11-12H2,1-2H3. The maximum Gasteiger partial charge on any atom is 0.0474 e. The molecule has 4 heteroatoms. The molecule has 0 radical (unpaired) electrons. The molecule has 0 saturated heterocycles. The number of hydrogen-bond donors (Lipinski definition) is 1. The van der Waals surface area contributed by atoms with Crippen LogP contribution in [0, 0.1) is 0 Å². The van der Waals surface area contributed by atoms with E-state index >= 15 is 0 Å². The Bertz CT molecular complexity index is 421. The third kappa shape index (κ3) is 5.52. The van der Waals surface area contributed by atoms with Gasteiger partial charge in [0, 0.05) is 43.9 Å². The Hall–Kier alpha value is -0.420. The largest absolute Gasteiger partial charge is 0.385 e. The third-order valence-electron chi connectivity index (χ3n) is 3.62. The van der Waals surface area contributed by atoms with E-state index in [4.69, 9.17) is 4.74 Å². The summed E-state index contributed by atoms with van der Waals surface area (Å²) in [5.41, 5.74) is 2.70. The molecule has 1 aliphatic carbocycles. The number of methoxy groups -OCH3 is 1. The lowest BCUT2D eigenvalue weighted by molar-refractivity contribution is 0.178. The molecule has 1 fully saturated rings. The van der Waals surface area contributed by atoms with Gasteiger partial charge in [-0.25, -0.2) is 0 Å². The second-order valence-corrected chi connectivity index (χ2v) is 6.52. The first-order chi connectivity index (χ1) is 9.69. The van der Waals surface area contributed by atoms with E-state index in [1.54, 1.807) is 7.11 Å². The van der Waals surface area contributed by atoms with Gasteiger partial charge in [-0.1, -0.05) is 28.1 Å². The summed E-state index contributed by atoms with van der Waals surface area (Å²) in [4.78, 5) is 2.33. The van der Waals surface area contributed by atoms with Crippen molar-refractivity contribution in [3.05, 3.63) is 33.8 Å². The lowest BCUT2D eigenvalue weighted by atomic mass is 10.1. The number of benzene rings is 1. The van der Waals surface area contributed by atoms with Crippen molar-refractivity contribution in [2.45, 2.75) is 38.4 Å². The van der Waals surface area contributed by atoms with Crippen molar-refractivity contribution < 1.29 is 4.74 Å². The SMILES string of the molecule is COCCCN(C)Cc1ccc(CNC2CC2)cc1Br. The van der Waals surface area contributed by atoms with Crippen molar-refractivity contribution in [1.29, 1.82) is 0 Å². The molecule has 0 aliphatic heterocycles. The van der Waals surface area contributed by atoms with Crippen molar-refractivity contribution in [2.24, 2.45) is 0 Å². The van der Waals surface area contributed by atoms with Gasteiger partial charge in [0.05, 0.1) is 0 Å². The molecule has 20 heavy (non-hydrogen) atoms. The van der Waals surface area contributed by atoms with E-state index in [2.05, 4.69) is 51.4 Å². The van der Waals surface area contributed by atoms with Crippen LogP contribution in [0.3, 0.4) is 0 Å². The molecule has 2 rings (SSSR count). The van der Waals surface area contributed by atoms with Crippen LogP contribution in [0.25, 0.3) is 0 Å². The quantitative estimate of drug-likeness (QED) is 0.699. The van der Waals surface area contributed by atoms with Crippen LogP contribution in [-0.2, 0) is 17.8 Å². The van der Waals surface area contributed by atoms with Gasteiger partial charge in [-0.2, -0.15) is 0 Å². The van der Waals surface area contributed by atoms with Gasteiger partial charge < -0.3 is 15.0 Å². The van der Waals surface area contributed by atoms with E-state index in [-0.39, 0.29) is 0 Å². The number of nitrogens with one attached hydrogen (secondary N) is 1. The molecule has 112 valence electrons. The lowest BCUT2D eigenvalue weighted by Gasteiger charge is -2.18. The molecule has 0 bridgehead atoms. The minimum atomic E-state index is 0.764. The van der Waals surface area contributed by atoms with E-state index in [1.165, 1.54) is 28.4 Å².